The van der Waals surface area contributed by atoms with E-state index in [0.29, 0.717) is 12.0 Å². The van der Waals surface area contributed by atoms with Crippen LogP contribution < -0.4 is 5.73 Å². The lowest BCUT2D eigenvalue weighted by Gasteiger charge is -2.19. The number of ether oxygens (including phenoxy) is 1. The lowest BCUT2D eigenvalue weighted by atomic mass is 10.2. The van der Waals surface area contributed by atoms with Crippen LogP contribution in [0.4, 0.5) is 0 Å². The number of carbonyl (C=O) groups excluding carboxylic acids is 2. The van der Waals surface area contributed by atoms with E-state index in [-0.39, 0.29) is 11.9 Å². The van der Waals surface area contributed by atoms with Gasteiger partial charge in [0.2, 0.25) is 5.91 Å². The van der Waals surface area contributed by atoms with Gasteiger partial charge in [-0.2, -0.15) is 0 Å². The first-order valence-corrected chi connectivity index (χ1v) is 5.83. The first-order valence-electron chi connectivity index (χ1n) is 5.83. The quantitative estimate of drug-likeness (QED) is 0.821. The van der Waals surface area contributed by atoms with Crippen molar-refractivity contribution in [1.29, 1.82) is 0 Å². The van der Waals surface area contributed by atoms with E-state index in [2.05, 4.69) is 5.73 Å². The number of primary amides is 1. The van der Waals surface area contributed by atoms with Crippen molar-refractivity contribution in [3.8, 4) is 0 Å². The van der Waals surface area contributed by atoms with Crippen molar-refractivity contribution in [2.75, 3.05) is 0 Å². The van der Waals surface area contributed by atoms with E-state index in [1.54, 1.807) is 19.1 Å². The summed E-state index contributed by atoms with van der Waals surface area (Å²) in [7, 11) is 0. The van der Waals surface area contributed by atoms with Crippen molar-refractivity contribution in [3.05, 3.63) is 35.9 Å². The number of esters is 1. The Balaban J connectivity index is 0.000000494. The number of rotatable bonds is 2. The molecule has 0 saturated carbocycles. The molecule has 0 atom stereocenters. The Morgan fingerprint density at radius 1 is 1.17 bits per heavy atom. The van der Waals surface area contributed by atoms with Crippen LogP contribution >= 0.6 is 0 Å². The van der Waals surface area contributed by atoms with Crippen LogP contribution in [0, 0.1) is 0 Å². The monoisotopic (exact) mass is 251 g/mol. The molecule has 100 valence electrons. The Hall–Kier alpha value is -1.84. The summed E-state index contributed by atoms with van der Waals surface area (Å²) in [4.78, 5) is 21.0. The zero-order valence-corrected chi connectivity index (χ0v) is 11.4. The number of hydrogen-bond donors (Lipinski definition) is 1. The van der Waals surface area contributed by atoms with Crippen LogP contribution in [-0.2, 0) is 9.53 Å². The number of nitrogens with two attached hydrogens (primary N) is 1. The van der Waals surface area contributed by atoms with Crippen LogP contribution in [-0.4, -0.2) is 17.5 Å². The lowest BCUT2D eigenvalue weighted by Crippen LogP contribution is -2.23. The van der Waals surface area contributed by atoms with Gasteiger partial charge in [0.25, 0.3) is 0 Å². The number of carbonyl (C=O) groups is 2. The third kappa shape index (κ3) is 8.33. The van der Waals surface area contributed by atoms with Gasteiger partial charge >= 0.3 is 5.97 Å². The molecule has 0 aliphatic rings. The molecule has 0 aliphatic carbocycles. The summed E-state index contributed by atoms with van der Waals surface area (Å²) in [6.45, 7) is 7.29. The normalized spacial score (nSPS) is 10.0. The Kier molecular flexibility index (Phi) is 6.71. The molecular formula is C14H21NO3. The van der Waals surface area contributed by atoms with Crippen LogP contribution in [0.1, 0.15) is 44.5 Å². The number of benzene rings is 1. The van der Waals surface area contributed by atoms with Crippen molar-refractivity contribution < 1.29 is 14.3 Å². The molecular weight excluding hydrogens is 230 g/mol. The van der Waals surface area contributed by atoms with E-state index in [4.69, 9.17) is 4.74 Å². The van der Waals surface area contributed by atoms with E-state index in [9.17, 15) is 9.59 Å². The molecule has 0 heterocycles. The number of amides is 1. The molecule has 0 spiro atoms. The SMILES string of the molecule is CC(C)(C)OC(=O)c1ccccc1.CCC(N)=O. The molecule has 4 nitrogen and oxygen atoms in total. The fourth-order valence-corrected chi connectivity index (χ4v) is 0.911. The summed E-state index contributed by atoms with van der Waals surface area (Å²) in [5.74, 6) is -0.516. The van der Waals surface area contributed by atoms with Gasteiger partial charge in [-0.05, 0) is 32.9 Å². The predicted molar refractivity (Wildman–Crippen MR) is 71.1 cm³/mol. The highest BCUT2D eigenvalue weighted by Gasteiger charge is 2.16. The van der Waals surface area contributed by atoms with Gasteiger partial charge in [0.1, 0.15) is 5.60 Å². The summed E-state index contributed by atoms with van der Waals surface area (Å²) in [5, 5.41) is 0. The first kappa shape index (κ1) is 16.2. The minimum atomic E-state index is -0.424. The molecule has 0 aliphatic heterocycles. The molecule has 0 unspecified atom stereocenters. The molecule has 0 saturated heterocycles. The van der Waals surface area contributed by atoms with Crippen molar-refractivity contribution in [1.82, 2.24) is 0 Å². The maximum absolute atomic E-state index is 11.4. The molecule has 0 aromatic heterocycles. The van der Waals surface area contributed by atoms with Crippen LogP contribution in [0.15, 0.2) is 30.3 Å². The average molecular weight is 251 g/mol. The van der Waals surface area contributed by atoms with Crippen LogP contribution in [0.3, 0.4) is 0 Å². The third-order valence-corrected chi connectivity index (χ3v) is 1.76. The molecule has 18 heavy (non-hydrogen) atoms. The Bertz CT molecular complexity index is 380. The highest BCUT2D eigenvalue weighted by Crippen LogP contribution is 2.11. The van der Waals surface area contributed by atoms with Crippen molar-refractivity contribution in [2.45, 2.75) is 39.7 Å². The Morgan fingerprint density at radius 3 is 1.94 bits per heavy atom. The third-order valence-electron chi connectivity index (χ3n) is 1.76. The molecule has 1 rings (SSSR count). The molecule has 0 radical (unpaired) electrons. The summed E-state index contributed by atoms with van der Waals surface area (Å²) in [6.07, 6.45) is 0.444. The second kappa shape index (κ2) is 7.48. The molecule has 1 aromatic rings. The molecule has 4 heteroatoms. The fourth-order valence-electron chi connectivity index (χ4n) is 0.911. The smallest absolute Gasteiger partial charge is 0.338 e. The maximum Gasteiger partial charge on any atom is 0.338 e. The Labute approximate surface area is 108 Å². The summed E-state index contributed by atoms with van der Waals surface area (Å²) in [5.41, 5.74) is 4.82. The highest BCUT2D eigenvalue weighted by atomic mass is 16.6. The van der Waals surface area contributed by atoms with E-state index < -0.39 is 5.60 Å². The lowest BCUT2D eigenvalue weighted by molar-refractivity contribution is -0.117. The van der Waals surface area contributed by atoms with E-state index >= 15 is 0 Å². The fraction of sp³-hybridized carbons (Fsp3) is 0.429. The second-order valence-corrected chi connectivity index (χ2v) is 4.69. The van der Waals surface area contributed by atoms with Gasteiger partial charge in [0.05, 0.1) is 5.56 Å². The molecule has 1 amide bonds. The molecule has 1 aromatic carbocycles. The van der Waals surface area contributed by atoms with Crippen LogP contribution in [0.2, 0.25) is 0 Å². The van der Waals surface area contributed by atoms with Gasteiger partial charge in [-0.1, -0.05) is 25.1 Å². The zero-order chi connectivity index (χ0) is 14.2. The molecule has 0 bridgehead atoms. The van der Waals surface area contributed by atoms with Gasteiger partial charge in [0.15, 0.2) is 0 Å². The average Bonchev–Trinajstić information content (AvgIpc) is 2.29. The summed E-state index contributed by atoms with van der Waals surface area (Å²) in [6, 6.07) is 8.99. The molecule has 2 N–H and O–H groups in total. The van der Waals surface area contributed by atoms with Crippen molar-refractivity contribution in [2.24, 2.45) is 5.73 Å². The van der Waals surface area contributed by atoms with E-state index in [1.165, 1.54) is 0 Å². The largest absolute Gasteiger partial charge is 0.456 e. The van der Waals surface area contributed by atoms with Crippen LogP contribution in [0.5, 0.6) is 0 Å². The van der Waals surface area contributed by atoms with Crippen molar-refractivity contribution >= 4 is 11.9 Å². The minimum Gasteiger partial charge on any atom is -0.456 e. The van der Waals surface area contributed by atoms with Gasteiger partial charge in [0, 0.05) is 6.42 Å². The van der Waals surface area contributed by atoms with Gasteiger partial charge in [-0.15, -0.1) is 0 Å². The van der Waals surface area contributed by atoms with Gasteiger partial charge < -0.3 is 10.5 Å². The van der Waals surface area contributed by atoms with Crippen LogP contribution in [0.25, 0.3) is 0 Å². The Morgan fingerprint density at radius 2 is 1.61 bits per heavy atom. The molecule has 0 fully saturated rings. The first-order chi connectivity index (χ1) is 8.26. The van der Waals surface area contributed by atoms with Gasteiger partial charge in [-0.3, -0.25) is 4.79 Å². The van der Waals surface area contributed by atoms with Crippen molar-refractivity contribution in [3.63, 3.8) is 0 Å². The highest BCUT2D eigenvalue weighted by molar-refractivity contribution is 5.89. The number of hydrogen-bond acceptors (Lipinski definition) is 3. The topological polar surface area (TPSA) is 69.4 Å². The predicted octanol–water partition coefficient (Wildman–Crippen LogP) is 2.52. The van der Waals surface area contributed by atoms with Gasteiger partial charge in [-0.25, -0.2) is 4.79 Å². The summed E-state index contributed by atoms with van der Waals surface area (Å²) < 4.78 is 5.18. The minimum absolute atomic E-state index is 0.245. The van der Waals surface area contributed by atoms with E-state index in [1.807, 2.05) is 39.0 Å². The van der Waals surface area contributed by atoms with E-state index in [0.717, 1.165) is 0 Å². The standard InChI is InChI=1S/C11H14O2.C3H7NO/c1-11(2,3)13-10(12)9-7-5-4-6-8-9;1-2-3(4)5/h4-8H,1-3H3;2H2,1H3,(H2,4,5). The summed E-state index contributed by atoms with van der Waals surface area (Å²) >= 11 is 0. The maximum atomic E-state index is 11.4. The zero-order valence-electron chi connectivity index (χ0n) is 11.4. The second-order valence-electron chi connectivity index (χ2n) is 4.69.